The predicted molar refractivity (Wildman–Crippen MR) is 74.1 cm³/mol. The van der Waals surface area contributed by atoms with E-state index in [1.54, 1.807) is 0 Å². The minimum Gasteiger partial charge on any atom is -0.495 e. The van der Waals surface area contributed by atoms with Crippen LogP contribution in [0.1, 0.15) is 0 Å². The largest absolute Gasteiger partial charge is 0.495 e. The van der Waals surface area contributed by atoms with Crippen molar-refractivity contribution < 1.29 is 19.1 Å². The number of benzene rings is 1. The van der Waals surface area contributed by atoms with Crippen LogP contribution in [0, 0.1) is 5.92 Å². The molecule has 1 fully saturated rings. The lowest BCUT2D eigenvalue weighted by Crippen LogP contribution is -2.32. The van der Waals surface area contributed by atoms with Crippen molar-refractivity contribution in [2.75, 3.05) is 25.7 Å². The molecule has 0 aliphatic carbocycles. The van der Waals surface area contributed by atoms with E-state index < -0.39 is 17.9 Å². The van der Waals surface area contributed by atoms with Gasteiger partial charge in [-0.25, -0.2) is 4.90 Å². The molecular weight excluding hydrogens is 298 g/mol. The van der Waals surface area contributed by atoms with Gasteiger partial charge in [0.1, 0.15) is 11.5 Å². The average Bonchev–Trinajstić information content (AvgIpc) is 3.04. The molecule has 2 aliphatic rings. The molecule has 1 saturated heterocycles. The number of rotatable bonds is 3. The molecule has 2 atom stereocenters. The van der Waals surface area contributed by atoms with Crippen molar-refractivity contribution in [2.45, 2.75) is 6.04 Å². The van der Waals surface area contributed by atoms with Gasteiger partial charge >= 0.3 is 0 Å². The summed E-state index contributed by atoms with van der Waals surface area (Å²) in [4.78, 5) is 25.8. The summed E-state index contributed by atoms with van der Waals surface area (Å²) < 4.78 is 10.3. The average molecular weight is 310 g/mol. The zero-order valence-electron chi connectivity index (χ0n) is 11.4. The molecule has 110 valence electrons. The molecule has 0 aromatic heterocycles. The van der Waals surface area contributed by atoms with Gasteiger partial charge in [0.15, 0.2) is 6.04 Å². The number of fused-ring (bicyclic) bond motifs is 1. The maximum Gasteiger partial charge on any atom is 0.261 e. The number of azo groups is 1. The summed E-state index contributed by atoms with van der Waals surface area (Å²) in [7, 11) is 2.91. The van der Waals surface area contributed by atoms with Crippen LogP contribution in [0.15, 0.2) is 22.4 Å². The fourth-order valence-corrected chi connectivity index (χ4v) is 2.74. The first-order chi connectivity index (χ1) is 10.1. The molecule has 2 aliphatic heterocycles. The van der Waals surface area contributed by atoms with Gasteiger partial charge in [-0.3, -0.25) is 9.59 Å². The Bertz CT molecular complexity index is 661. The lowest BCUT2D eigenvalue weighted by Gasteiger charge is -2.19. The zero-order chi connectivity index (χ0) is 15.1. The van der Waals surface area contributed by atoms with Crippen LogP contribution in [0.3, 0.4) is 0 Å². The Morgan fingerprint density at radius 2 is 1.90 bits per heavy atom. The molecule has 7 nitrogen and oxygen atoms in total. The third kappa shape index (κ3) is 1.96. The van der Waals surface area contributed by atoms with Crippen molar-refractivity contribution in [3.63, 3.8) is 0 Å². The Morgan fingerprint density at radius 1 is 1.19 bits per heavy atom. The Labute approximate surface area is 125 Å². The maximum absolute atomic E-state index is 12.4. The Balaban J connectivity index is 2.08. The highest BCUT2D eigenvalue weighted by Crippen LogP contribution is 2.41. The molecule has 1 aromatic rings. The molecule has 0 spiro atoms. The molecule has 8 heteroatoms. The number of anilines is 1. The van der Waals surface area contributed by atoms with Gasteiger partial charge in [-0.2, -0.15) is 10.2 Å². The second-order valence-corrected chi connectivity index (χ2v) is 5.07. The lowest BCUT2D eigenvalue weighted by atomic mass is 10.1. The van der Waals surface area contributed by atoms with Crippen molar-refractivity contribution in [1.82, 2.24) is 0 Å². The molecule has 0 radical (unpaired) electrons. The monoisotopic (exact) mass is 309 g/mol. The number of ether oxygens (including phenoxy) is 2. The van der Waals surface area contributed by atoms with Crippen LogP contribution in [-0.2, 0) is 9.59 Å². The van der Waals surface area contributed by atoms with E-state index in [4.69, 9.17) is 21.1 Å². The van der Waals surface area contributed by atoms with Crippen molar-refractivity contribution in [3.8, 4) is 11.5 Å². The summed E-state index contributed by atoms with van der Waals surface area (Å²) in [5, 5.41) is 7.88. The first-order valence-electron chi connectivity index (χ1n) is 6.24. The van der Waals surface area contributed by atoms with E-state index in [0.717, 1.165) is 4.90 Å². The highest BCUT2D eigenvalue weighted by Gasteiger charge is 2.51. The van der Waals surface area contributed by atoms with E-state index in [2.05, 4.69) is 10.2 Å². The third-order valence-corrected chi connectivity index (χ3v) is 3.87. The molecule has 1 aromatic carbocycles. The molecule has 2 amide bonds. The van der Waals surface area contributed by atoms with Gasteiger partial charge in [0.2, 0.25) is 5.91 Å². The van der Waals surface area contributed by atoms with E-state index in [0.29, 0.717) is 17.2 Å². The van der Waals surface area contributed by atoms with E-state index in [-0.39, 0.29) is 17.5 Å². The van der Waals surface area contributed by atoms with Crippen LogP contribution in [0.2, 0.25) is 5.02 Å². The fraction of sp³-hybridized carbons (Fsp3) is 0.385. The quantitative estimate of drug-likeness (QED) is 0.796. The molecule has 0 saturated carbocycles. The summed E-state index contributed by atoms with van der Waals surface area (Å²) in [6, 6.07) is 2.28. The molecule has 21 heavy (non-hydrogen) atoms. The van der Waals surface area contributed by atoms with Crippen molar-refractivity contribution in [3.05, 3.63) is 17.2 Å². The number of amides is 2. The lowest BCUT2D eigenvalue weighted by molar-refractivity contribution is -0.122. The number of halogens is 1. The minimum atomic E-state index is -0.733. The van der Waals surface area contributed by atoms with Gasteiger partial charge in [-0.05, 0) is 6.07 Å². The molecule has 3 rings (SSSR count). The molecule has 0 unspecified atom stereocenters. The highest BCUT2D eigenvalue weighted by atomic mass is 35.5. The van der Waals surface area contributed by atoms with Gasteiger partial charge in [-0.1, -0.05) is 11.6 Å². The molecule has 0 N–H and O–H groups in total. The van der Waals surface area contributed by atoms with E-state index >= 15 is 0 Å². The van der Waals surface area contributed by atoms with Crippen molar-refractivity contribution >= 4 is 29.1 Å². The first kappa shape index (κ1) is 13.8. The van der Waals surface area contributed by atoms with Crippen LogP contribution in [0.4, 0.5) is 5.69 Å². The summed E-state index contributed by atoms with van der Waals surface area (Å²) in [6.07, 6.45) is 0. The van der Waals surface area contributed by atoms with Gasteiger partial charge < -0.3 is 9.47 Å². The number of carbonyl (C=O) groups excluding carboxylic acids is 2. The topological polar surface area (TPSA) is 80.6 Å². The predicted octanol–water partition coefficient (Wildman–Crippen LogP) is 1.68. The Hall–Kier alpha value is -2.15. The number of carbonyl (C=O) groups is 2. The second kappa shape index (κ2) is 5.00. The summed E-state index contributed by atoms with van der Waals surface area (Å²) in [6.45, 7) is 0.234. The van der Waals surface area contributed by atoms with E-state index in [1.165, 1.54) is 26.4 Å². The van der Waals surface area contributed by atoms with Crippen LogP contribution < -0.4 is 14.4 Å². The number of hydrogen-bond acceptors (Lipinski definition) is 6. The molecular formula is C13H12ClN3O4. The highest BCUT2D eigenvalue weighted by molar-refractivity contribution is 6.33. The SMILES string of the molecule is COc1cc(OC)c(N2C(=O)[C@H]3CN=N[C@@H]3C2=O)cc1Cl. The normalized spacial score (nSPS) is 23.7. The molecule has 2 heterocycles. The van der Waals surface area contributed by atoms with Crippen molar-refractivity contribution in [1.29, 1.82) is 0 Å². The van der Waals surface area contributed by atoms with Gasteiger partial charge in [0.25, 0.3) is 5.91 Å². The minimum absolute atomic E-state index is 0.234. The summed E-state index contributed by atoms with van der Waals surface area (Å²) in [5.74, 6) is -0.547. The van der Waals surface area contributed by atoms with E-state index in [9.17, 15) is 9.59 Å². The van der Waals surface area contributed by atoms with Crippen LogP contribution in [-0.4, -0.2) is 38.6 Å². The third-order valence-electron chi connectivity index (χ3n) is 3.57. The number of imide groups is 1. The van der Waals surface area contributed by atoms with Crippen LogP contribution in [0.5, 0.6) is 11.5 Å². The summed E-state index contributed by atoms with van der Waals surface area (Å²) >= 11 is 6.08. The number of nitrogens with zero attached hydrogens (tertiary/aromatic N) is 3. The fourth-order valence-electron chi connectivity index (χ4n) is 2.50. The van der Waals surface area contributed by atoms with Crippen LogP contribution >= 0.6 is 11.6 Å². The maximum atomic E-state index is 12.4. The second-order valence-electron chi connectivity index (χ2n) is 4.66. The van der Waals surface area contributed by atoms with Gasteiger partial charge in [0.05, 0.1) is 37.4 Å². The number of methoxy groups -OCH3 is 2. The first-order valence-corrected chi connectivity index (χ1v) is 6.62. The smallest absolute Gasteiger partial charge is 0.261 e. The van der Waals surface area contributed by atoms with Gasteiger partial charge in [0, 0.05) is 6.07 Å². The van der Waals surface area contributed by atoms with E-state index in [1.807, 2.05) is 0 Å². The standard InChI is InChI=1S/C13H12ClN3O4/c1-20-9-4-10(21-2)8(3-7(9)14)17-12(18)6-5-15-16-11(6)13(17)19/h3-4,6,11H,5H2,1-2H3/t6-,11-/m0/s1. The zero-order valence-corrected chi connectivity index (χ0v) is 12.1. The van der Waals surface area contributed by atoms with Crippen molar-refractivity contribution in [2.24, 2.45) is 16.1 Å². The van der Waals surface area contributed by atoms with Crippen LogP contribution in [0.25, 0.3) is 0 Å². The molecule has 0 bridgehead atoms. The summed E-state index contributed by atoms with van der Waals surface area (Å²) in [5.41, 5.74) is 0.294. The van der Waals surface area contributed by atoms with Gasteiger partial charge in [-0.15, -0.1) is 0 Å². The Kier molecular flexibility index (Phi) is 3.29. The number of hydrogen-bond donors (Lipinski definition) is 0. The Morgan fingerprint density at radius 3 is 2.52 bits per heavy atom.